The van der Waals surface area contributed by atoms with Crippen molar-refractivity contribution in [1.82, 2.24) is 24.3 Å². The van der Waals surface area contributed by atoms with Crippen molar-refractivity contribution in [2.45, 2.75) is 59.0 Å². The van der Waals surface area contributed by atoms with Gasteiger partial charge in [-0.15, -0.1) is 0 Å². The lowest BCUT2D eigenvalue weighted by atomic mass is 10.0. The van der Waals surface area contributed by atoms with Gasteiger partial charge >= 0.3 is 0 Å². The van der Waals surface area contributed by atoms with Crippen LogP contribution in [0, 0.1) is 5.92 Å². The summed E-state index contributed by atoms with van der Waals surface area (Å²) in [6.45, 7) is 11.6. The van der Waals surface area contributed by atoms with Gasteiger partial charge in [-0.25, -0.2) is 23.7 Å². The van der Waals surface area contributed by atoms with Gasteiger partial charge in [-0.3, -0.25) is 9.20 Å². The van der Waals surface area contributed by atoms with Crippen molar-refractivity contribution in [1.29, 1.82) is 0 Å². The second kappa shape index (κ2) is 10.5. The van der Waals surface area contributed by atoms with Crippen LogP contribution in [-0.2, 0) is 15.5 Å². The van der Waals surface area contributed by atoms with Crippen LogP contribution in [0.15, 0.2) is 36.8 Å². The third kappa shape index (κ3) is 5.18. The molecule has 5 rings (SSSR count). The van der Waals surface area contributed by atoms with Gasteiger partial charge in [0.15, 0.2) is 5.82 Å². The lowest BCUT2D eigenvalue weighted by molar-refractivity contribution is -0.141. The molecule has 2 atom stereocenters. The second-order valence-electron chi connectivity index (χ2n) is 9.43. The summed E-state index contributed by atoms with van der Waals surface area (Å²) in [6, 6.07) is 4.84. The monoisotopic (exact) mass is 500 g/mol. The Balaban J connectivity index is 0.00000148. The van der Waals surface area contributed by atoms with Gasteiger partial charge < -0.3 is 14.5 Å². The second-order valence-corrected chi connectivity index (χ2v) is 9.43. The quantitative estimate of drug-likeness (QED) is 0.517. The third-order valence-corrected chi connectivity index (χ3v) is 6.58. The number of ether oxygens (including phenoxy) is 1. The molecule has 0 bridgehead atoms. The van der Waals surface area contributed by atoms with Gasteiger partial charge in [-0.2, -0.15) is 0 Å². The molecule has 0 aromatic carbocycles. The molecule has 10 heteroatoms. The summed E-state index contributed by atoms with van der Waals surface area (Å²) in [5, 5.41) is 0. The summed E-state index contributed by atoms with van der Waals surface area (Å²) in [7, 11) is 0. The molecule has 3 aromatic rings. The van der Waals surface area contributed by atoms with E-state index in [-0.39, 0.29) is 23.6 Å². The van der Waals surface area contributed by atoms with Crippen LogP contribution in [0.2, 0.25) is 0 Å². The number of piperazine rings is 1. The van der Waals surface area contributed by atoms with Crippen molar-refractivity contribution in [2.75, 3.05) is 31.2 Å². The molecule has 2 fully saturated rings. The number of nitrogens with zero attached hydrogens (tertiary/aromatic N) is 6. The van der Waals surface area contributed by atoms with Crippen molar-refractivity contribution in [3.63, 3.8) is 0 Å². The number of amides is 1. The van der Waals surface area contributed by atoms with Crippen LogP contribution in [0.3, 0.4) is 0 Å². The molecule has 36 heavy (non-hydrogen) atoms. The fraction of sp³-hybridized carbons (Fsp3) is 0.538. The number of aromatic nitrogens is 4. The Morgan fingerprint density at radius 1 is 1.11 bits per heavy atom. The molecule has 0 unspecified atom stereocenters. The number of halogens is 2. The number of hydrogen-bond donors (Lipinski definition) is 0. The standard InChI is InChI=1S/C24H28F2N6O2.C2H6/c1-15-10-30(11-16(2)32(15)22(33)8-17-13-34-14-17)21-6-7-27-23(29-21)19-9-28-20-5-4-18(12-31(19)20)24(3,25)26;1-2/h4-7,9,12,15-17H,8,10-11,13-14H2,1-3H3;1-2H3/t15-,16+;. The van der Waals surface area contributed by atoms with Gasteiger partial charge in [-0.05, 0) is 32.0 Å². The summed E-state index contributed by atoms with van der Waals surface area (Å²) in [6.07, 6.45) is 5.17. The third-order valence-electron chi connectivity index (χ3n) is 6.58. The number of imidazole rings is 1. The van der Waals surface area contributed by atoms with Crippen LogP contribution >= 0.6 is 0 Å². The summed E-state index contributed by atoms with van der Waals surface area (Å²) in [5.41, 5.74) is 0.983. The molecular formula is C26H34F2N6O2. The SMILES string of the molecule is CC.C[C@@H]1CN(c2ccnc(-c3cnc4ccc(C(C)(F)F)cn34)n2)C[C@H](C)N1C(=O)CC1COC1. The Morgan fingerprint density at radius 2 is 1.81 bits per heavy atom. The number of hydrogen-bond acceptors (Lipinski definition) is 6. The van der Waals surface area contributed by atoms with Crippen molar-refractivity contribution < 1.29 is 18.3 Å². The lowest BCUT2D eigenvalue weighted by Gasteiger charge is -2.45. The fourth-order valence-corrected chi connectivity index (χ4v) is 4.81. The van der Waals surface area contributed by atoms with Crippen LogP contribution in [0.5, 0.6) is 0 Å². The highest BCUT2D eigenvalue weighted by molar-refractivity contribution is 5.77. The summed E-state index contributed by atoms with van der Waals surface area (Å²) in [5.74, 6) is -1.33. The number of anilines is 1. The maximum Gasteiger partial charge on any atom is 0.271 e. The summed E-state index contributed by atoms with van der Waals surface area (Å²) < 4.78 is 34.6. The van der Waals surface area contributed by atoms with Crippen molar-refractivity contribution in [3.8, 4) is 11.5 Å². The van der Waals surface area contributed by atoms with Crippen molar-refractivity contribution in [2.24, 2.45) is 5.92 Å². The average Bonchev–Trinajstić information content (AvgIpc) is 3.25. The van der Waals surface area contributed by atoms with Gasteiger partial charge in [0.2, 0.25) is 5.91 Å². The van der Waals surface area contributed by atoms with E-state index in [0.717, 1.165) is 12.7 Å². The zero-order valence-electron chi connectivity index (χ0n) is 21.5. The molecule has 3 aromatic heterocycles. The normalized spacial score (nSPS) is 20.6. The molecule has 0 spiro atoms. The van der Waals surface area contributed by atoms with E-state index in [1.807, 2.05) is 24.8 Å². The molecule has 0 saturated carbocycles. The van der Waals surface area contributed by atoms with E-state index in [1.54, 1.807) is 22.9 Å². The predicted molar refractivity (Wildman–Crippen MR) is 134 cm³/mol. The van der Waals surface area contributed by atoms with Gasteiger partial charge in [0, 0.05) is 62.4 Å². The van der Waals surface area contributed by atoms with Crippen molar-refractivity contribution >= 4 is 17.4 Å². The Hall–Kier alpha value is -3.14. The van der Waals surface area contributed by atoms with Crippen molar-refractivity contribution in [3.05, 3.63) is 42.4 Å². The van der Waals surface area contributed by atoms with Gasteiger partial charge in [0.1, 0.15) is 17.2 Å². The zero-order valence-corrected chi connectivity index (χ0v) is 21.5. The average molecular weight is 501 g/mol. The summed E-state index contributed by atoms with van der Waals surface area (Å²) in [4.78, 5) is 30.4. The minimum Gasteiger partial charge on any atom is -0.381 e. The first kappa shape index (κ1) is 25.9. The molecule has 0 aliphatic carbocycles. The number of rotatable bonds is 5. The van der Waals surface area contributed by atoms with E-state index in [0.29, 0.717) is 55.8 Å². The molecule has 1 amide bonds. The van der Waals surface area contributed by atoms with E-state index in [9.17, 15) is 13.6 Å². The minimum atomic E-state index is -2.96. The maximum absolute atomic E-state index is 13.9. The molecule has 2 saturated heterocycles. The smallest absolute Gasteiger partial charge is 0.271 e. The number of fused-ring (bicyclic) bond motifs is 1. The topological polar surface area (TPSA) is 75.9 Å². The van der Waals surface area contributed by atoms with E-state index in [2.05, 4.69) is 28.7 Å². The van der Waals surface area contributed by atoms with Crippen LogP contribution in [0.1, 0.15) is 46.6 Å². The number of pyridine rings is 1. The first-order valence-electron chi connectivity index (χ1n) is 12.5. The molecule has 2 aliphatic rings. The van der Waals surface area contributed by atoms with Gasteiger partial charge in [-0.1, -0.05) is 13.8 Å². The van der Waals surface area contributed by atoms with Gasteiger partial charge in [0.25, 0.3) is 5.92 Å². The molecule has 194 valence electrons. The molecule has 0 N–H and O–H groups in total. The lowest BCUT2D eigenvalue weighted by Crippen LogP contribution is -2.59. The molecular weight excluding hydrogens is 466 g/mol. The van der Waals surface area contributed by atoms with Crippen LogP contribution in [-0.4, -0.2) is 68.5 Å². The van der Waals surface area contributed by atoms with Crippen LogP contribution in [0.25, 0.3) is 17.2 Å². The molecule has 0 radical (unpaired) electrons. The maximum atomic E-state index is 13.9. The van der Waals surface area contributed by atoms with E-state index in [1.165, 1.54) is 12.3 Å². The number of carbonyl (C=O) groups excluding carboxylic acids is 1. The Labute approximate surface area is 210 Å². The predicted octanol–water partition coefficient (Wildman–Crippen LogP) is 4.39. The first-order valence-corrected chi connectivity index (χ1v) is 12.5. The highest BCUT2D eigenvalue weighted by Gasteiger charge is 2.35. The largest absolute Gasteiger partial charge is 0.381 e. The summed E-state index contributed by atoms with van der Waals surface area (Å²) >= 11 is 0. The highest BCUT2D eigenvalue weighted by atomic mass is 19.3. The van der Waals surface area contributed by atoms with E-state index >= 15 is 0 Å². The Bertz CT molecular complexity index is 1190. The van der Waals surface area contributed by atoms with Crippen LogP contribution in [0.4, 0.5) is 14.6 Å². The highest BCUT2D eigenvalue weighted by Crippen LogP contribution is 2.29. The molecule has 8 nitrogen and oxygen atoms in total. The first-order chi connectivity index (χ1) is 17.2. The minimum absolute atomic E-state index is 0.0285. The fourth-order valence-electron chi connectivity index (χ4n) is 4.81. The van der Waals surface area contributed by atoms with Crippen LogP contribution < -0.4 is 4.90 Å². The molecule has 2 aliphatic heterocycles. The van der Waals surface area contributed by atoms with E-state index in [4.69, 9.17) is 9.72 Å². The van der Waals surface area contributed by atoms with E-state index < -0.39 is 5.92 Å². The number of alkyl halides is 2. The Kier molecular flexibility index (Phi) is 7.54. The zero-order chi connectivity index (χ0) is 26.0. The molecule has 5 heterocycles. The Morgan fingerprint density at radius 3 is 2.42 bits per heavy atom. The van der Waals surface area contributed by atoms with Gasteiger partial charge in [0.05, 0.1) is 19.4 Å². The number of carbonyl (C=O) groups is 1.